The second-order valence-electron chi connectivity index (χ2n) is 0. The van der Waals surface area contributed by atoms with Crippen molar-refractivity contribution < 1.29 is 42.3 Å². The van der Waals surface area contributed by atoms with Crippen molar-refractivity contribution in [1.82, 2.24) is 0 Å². The maximum atomic E-state index is 0. The monoisotopic (exact) mass is 259 g/mol. The Hall–Kier alpha value is 0.502. The van der Waals surface area contributed by atoms with Gasteiger partial charge in [0.15, 0.2) is 0 Å². The molecule has 0 aliphatic heterocycles. The SMILES string of the molecule is O.O.O.O.[Re]. The average molecular weight is 258 g/mol. The van der Waals surface area contributed by atoms with E-state index in [1.165, 1.54) is 0 Å². The minimum Gasteiger partial charge on any atom is -0.412 e. The molecular formula is H8O4Re. The first-order valence-electron chi connectivity index (χ1n) is 0. The van der Waals surface area contributed by atoms with Gasteiger partial charge in [0.25, 0.3) is 0 Å². The summed E-state index contributed by atoms with van der Waals surface area (Å²) in [6.45, 7) is 0. The van der Waals surface area contributed by atoms with Gasteiger partial charge in [-0.1, -0.05) is 0 Å². The summed E-state index contributed by atoms with van der Waals surface area (Å²) < 4.78 is 0. The van der Waals surface area contributed by atoms with Crippen molar-refractivity contribution in [2.45, 2.75) is 0 Å². The molecule has 0 aromatic heterocycles. The maximum absolute atomic E-state index is 0. The van der Waals surface area contributed by atoms with Crippen LogP contribution in [-0.4, -0.2) is 21.9 Å². The molecule has 0 heterocycles. The Morgan fingerprint density at radius 3 is 0.400 bits per heavy atom. The van der Waals surface area contributed by atoms with Gasteiger partial charge in [-0.05, 0) is 0 Å². The normalized spacial score (nSPS) is 0. The van der Waals surface area contributed by atoms with Crippen LogP contribution in [-0.2, 0) is 20.4 Å². The zero-order valence-corrected chi connectivity index (χ0v) is 5.09. The molecular weight excluding hydrogens is 250 g/mol. The summed E-state index contributed by atoms with van der Waals surface area (Å²) in [6.07, 6.45) is 0. The Labute approximate surface area is 43.1 Å². The van der Waals surface area contributed by atoms with Gasteiger partial charge in [-0.15, -0.1) is 0 Å². The first-order chi connectivity index (χ1) is 0. The van der Waals surface area contributed by atoms with E-state index in [0.717, 1.165) is 0 Å². The number of hydrogen-bond donors (Lipinski definition) is 0. The summed E-state index contributed by atoms with van der Waals surface area (Å²) in [4.78, 5) is 0. The topological polar surface area (TPSA) is 126 Å². The van der Waals surface area contributed by atoms with E-state index in [2.05, 4.69) is 0 Å². The molecule has 0 bridgehead atoms. The molecule has 0 saturated heterocycles. The molecule has 5 heteroatoms. The van der Waals surface area contributed by atoms with E-state index in [9.17, 15) is 0 Å². The van der Waals surface area contributed by atoms with Crippen molar-refractivity contribution in [3.63, 3.8) is 0 Å². The average Bonchev–Trinajstić information content (AvgIpc) is 0. The van der Waals surface area contributed by atoms with Crippen LogP contribution in [0, 0.1) is 0 Å². The van der Waals surface area contributed by atoms with Gasteiger partial charge in [0.2, 0.25) is 0 Å². The molecule has 0 atom stereocenters. The Balaban J connectivity index is 0. The molecule has 0 rings (SSSR count). The smallest absolute Gasteiger partial charge is 0 e. The predicted molar refractivity (Wildman–Crippen MR) is 14.5 cm³/mol. The molecule has 0 saturated carbocycles. The van der Waals surface area contributed by atoms with Gasteiger partial charge >= 0.3 is 0 Å². The van der Waals surface area contributed by atoms with Gasteiger partial charge in [0.1, 0.15) is 0 Å². The summed E-state index contributed by atoms with van der Waals surface area (Å²) in [5.74, 6) is 0. The molecule has 4 nitrogen and oxygen atoms in total. The molecule has 0 aliphatic carbocycles. The van der Waals surface area contributed by atoms with Gasteiger partial charge in [-0.25, -0.2) is 0 Å². The summed E-state index contributed by atoms with van der Waals surface area (Å²) >= 11 is 0. The summed E-state index contributed by atoms with van der Waals surface area (Å²) in [6, 6.07) is 0. The van der Waals surface area contributed by atoms with Gasteiger partial charge in [0, 0.05) is 20.4 Å². The van der Waals surface area contributed by atoms with E-state index < -0.39 is 0 Å². The van der Waals surface area contributed by atoms with Crippen molar-refractivity contribution in [1.29, 1.82) is 0 Å². The maximum Gasteiger partial charge on any atom is 0 e. The molecule has 5 heavy (non-hydrogen) atoms. The number of rotatable bonds is 0. The Morgan fingerprint density at radius 1 is 0.400 bits per heavy atom. The van der Waals surface area contributed by atoms with E-state index >= 15 is 0 Å². The molecule has 1 radical (unpaired) electrons. The van der Waals surface area contributed by atoms with Crippen molar-refractivity contribution in [3.05, 3.63) is 0 Å². The van der Waals surface area contributed by atoms with Crippen molar-refractivity contribution >= 4 is 0 Å². The third-order valence-electron chi connectivity index (χ3n) is 0. The van der Waals surface area contributed by atoms with Crippen LogP contribution in [0.2, 0.25) is 0 Å². The van der Waals surface area contributed by atoms with Crippen LogP contribution >= 0.6 is 0 Å². The first-order valence-corrected chi connectivity index (χ1v) is 0. The summed E-state index contributed by atoms with van der Waals surface area (Å²) in [5.41, 5.74) is 0. The Bertz CT molecular complexity index is 3.61. The van der Waals surface area contributed by atoms with Crippen LogP contribution in [0.3, 0.4) is 0 Å². The largest absolute Gasteiger partial charge is 0.412 e. The fraction of sp³-hybridized carbons (Fsp3) is 0. The quantitative estimate of drug-likeness (QED) is 0.431. The second-order valence-corrected chi connectivity index (χ2v) is 0. The molecule has 0 aliphatic rings. The standard InChI is InChI=1S/4H2O.Re/h4*1H2;. The molecule has 39 valence electrons. The predicted octanol–water partition coefficient (Wildman–Crippen LogP) is -3.30. The van der Waals surface area contributed by atoms with Crippen molar-refractivity contribution in [2.75, 3.05) is 0 Å². The zero-order chi connectivity index (χ0) is 0. The van der Waals surface area contributed by atoms with Crippen LogP contribution in [0.25, 0.3) is 0 Å². The number of hydrogen-bond acceptors (Lipinski definition) is 0. The molecule has 0 fully saturated rings. The minimum atomic E-state index is 0. The molecule has 0 amide bonds. The summed E-state index contributed by atoms with van der Waals surface area (Å²) in [7, 11) is 0. The second kappa shape index (κ2) is 219. The molecule has 0 spiro atoms. The van der Waals surface area contributed by atoms with Crippen molar-refractivity contribution in [2.24, 2.45) is 0 Å². The van der Waals surface area contributed by atoms with Gasteiger partial charge in [0.05, 0.1) is 0 Å². The van der Waals surface area contributed by atoms with Crippen LogP contribution in [0.5, 0.6) is 0 Å². The molecule has 8 N–H and O–H groups in total. The Morgan fingerprint density at radius 2 is 0.400 bits per heavy atom. The van der Waals surface area contributed by atoms with E-state index in [-0.39, 0.29) is 42.3 Å². The zero-order valence-electron chi connectivity index (χ0n) is 2.38. The fourth-order valence-corrected chi connectivity index (χ4v) is 0. The Kier molecular flexibility index (Phi) is 19300. The van der Waals surface area contributed by atoms with E-state index in [4.69, 9.17) is 0 Å². The third kappa shape index (κ3) is 112. The molecule has 0 aromatic carbocycles. The van der Waals surface area contributed by atoms with E-state index in [1.54, 1.807) is 0 Å². The minimum absolute atomic E-state index is 0. The van der Waals surface area contributed by atoms with E-state index in [1.807, 2.05) is 0 Å². The van der Waals surface area contributed by atoms with E-state index in [0.29, 0.717) is 0 Å². The van der Waals surface area contributed by atoms with Gasteiger partial charge in [-0.3, -0.25) is 0 Å². The molecule has 0 aromatic rings. The van der Waals surface area contributed by atoms with Crippen molar-refractivity contribution in [3.8, 4) is 0 Å². The van der Waals surface area contributed by atoms with Gasteiger partial charge in [-0.2, -0.15) is 0 Å². The van der Waals surface area contributed by atoms with Crippen LogP contribution in [0.1, 0.15) is 0 Å². The van der Waals surface area contributed by atoms with Gasteiger partial charge < -0.3 is 21.9 Å². The first kappa shape index (κ1) is 442. The van der Waals surface area contributed by atoms with Crippen LogP contribution < -0.4 is 0 Å². The fourth-order valence-electron chi connectivity index (χ4n) is 0. The van der Waals surface area contributed by atoms with Crippen LogP contribution in [0.4, 0.5) is 0 Å². The molecule has 0 unspecified atom stereocenters. The summed E-state index contributed by atoms with van der Waals surface area (Å²) in [5, 5.41) is 0. The van der Waals surface area contributed by atoms with Crippen LogP contribution in [0.15, 0.2) is 0 Å². The third-order valence-corrected chi connectivity index (χ3v) is 0.